The van der Waals surface area contributed by atoms with Crippen LogP contribution < -0.4 is 11.3 Å². The molecule has 2 aromatic heterocycles. The van der Waals surface area contributed by atoms with E-state index in [2.05, 4.69) is 21.9 Å². The Labute approximate surface area is 183 Å². The number of aromatic amines is 1. The Morgan fingerprint density at radius 1 is 1.19 bits per heavy atom. The maximum Gasteiger partial charge on any atom is 0.305 e. The number of nitrogens with two attached hydrogens (primary N) is 1. The van der Waals surface area contributed by atoms with E-state index in [1.54, 1.807) is 4.57 Å². The van der Waals surface area contributed by atoms with E-state index >= 15 is 0 Å². The van der Waals surface area contributed by atoms with Crippen molar-refractivity contribution in [3.05, 3.63) is 16.7 Å². The number of esters is 1. The number of unbranched alkanes of at least 4 members (excludes halogenated alkanes) is 8. The molecule has 0 saturated carbocycles. The zero-order valence-electron chi connectivity index (χ0n) is 18.6. The van der Waals surface area contributed by atoms with Gasteiger partial charge in [0.05, 0.1) is 12.9 Å². The number of aromatic nitrogens is 4. The van der Waals surface area contributed by atoms with Crippen LogP contribution in [0.3, 0.4) is 0 Å². The fraction of sp³-hybridized carbons (Fsp3) is 0.727. The lowest BCUT2D eigenvalue weighted by molar-refractivity contribution is -0.145. The molecule has 1 atom stereocenters. The van der Waals surface area contributed by atoms with E-state index in [9.17, 15) is 14.7 Å². The van der Waals surface area contributed by atoms with E-state index in [1.165, 1.54) is 44.9 Å². The predicted octanol–water partition coefficient (Wildman–Crippen LogP) is 3.16. The van der Waals surface area contributed by atoms with Crippen LogP contribution in [0.4, 0.5) is 5.95 Å². The first kappa shape index (κ1) is 24.8. The van der Waals surface area contributed by atoms with E-state index in [4.69, 9.17) is 10.5 Å². The first-order valence-corrected chi connectivity index (χ1v) is 11.5. The zero-order valence-corrected chi connectivity index (χ0v) is 18.6. The van der Waals surface area contributed by atoms with E-state index in [1.807, 2.05) is 0 Å². The van der Waals surface area contributed by atoms with Crippen LogP contribution in [0.2, 0.25) is 0 Å². The number of imidazole rings is 1. The zero-order chi connectivity index (χ0) is 22.5. The minimum Gasteiger partial charge on any atom is -0.465 e. The highest BCUT2D eigenvalue weighted by molar-refractivity contribution is 5.70. The molecular formula is C22H37N5O4. The number of fused-ring (bicyclic) bond motifs is 1. The third kappa shape index (κ3) is 8.69. The second-order valence-corrected chi connectivity index (χ2v) is 8.16. The van der Waals surface area contributed by atoms with Crippen LogP contribution in [-0.4, -0.2) is 43.8 Å². The molecule has 9 nitrogen and oxygen atoms in total. The number of hydrogen-bond acceptors (Lipinski definition) is 7. The van der Waals surface area contributed by atoms with Crippen LogP contribution in [0, 0.1) is 5.92 Å². The molecule has 31 heavy (non-hydrogen) atoms. The van der Waals surface area contributed by atoms with Gasteiger partial charge in [-0.2, -0.15) is 4.98 Å². The molecule has 9 heteroatoms. The normalized spacial score (nSPS) is 12.3. The largest absolute Gasteiger partial charge is 0.465 e. The van der Waals surface area contributed by atoms with Gasteiger partial charge in [-0.25, -0.2) is 4.98 Å². The van der Waals surface area contributed by atoms with Crippen molar-refractivity contribution < 1.29 is 14.6 Å². The third-order valence-electron chi connectivity index (χ3n) is 5.45. The standard InChI is InChI=1S/C22H37N5O4/c1-2-3-4-5-6-7-8-9-10-11-18(29)31-15-17(12-13-28)14-27-16-24-19-20(27)25-22(23)26-21(19)30/h16-17,28H,2-15H2,1H3,(H3,23,25,26,30). The summed E-state index contributed by atoms with van der Waals surface area (Å²) in [6, 6.07) is 0. The van der Waals surface area contributed by atoms with Gasteiger partial charge in [-0.3, -0.25) is 14.6 Å². The number of carbonyl (C=O) groups is 1. The highest BCUT2D eigenvalue weighted by Gasteiger charge is 2.16. The van der Waals surface area contributed by atoms with Crippen molar-refractivity contribution >= 4 is 23.1 Å². The fourth-order valence-corrected chi connectivity index (χ4v) is 3.66. The average Bonchev–Trinajstić information content (AvgIpc) is 3.13. The van der Waals surface area contributed by atoms with Gasteiger partial charge in [-0.05, 0) is 12.8 Å². The summed E-state index contributed by atoms with van der Waals surface area (Å²) in [6.45, 7) is 2.82. The number of H-pyrrole nitrogens is 1. The number of nitrogen functional groups attached to an aromatic ring is 1. The minimum atomic E-state index is -0.396. The molecule has 0 bridgehead atoms. The molecule has 0 aliphatic heterocycles. The van der Waals surface area contributed by atoms with Crippen molar-refractivity contribution in [2.24, 2.45) is 5.92 Å². The Kier molecular flexibility index (Phi) is 11.1. The van der Waals surface area contributed by atoms with Crippen LogP contribution in [0.15, 0.2) is 11.1 Å². The van der Waals surface area contributed by atoms with Gasteiger partial charge in [-0.1, -0.05) is 58.3 Å². The van der Waals surface area contributed by atoms with Crippen LogP contribution in [0.1, 0.15) is 77.6 Å². The van der Waals surface area contributed by atoms with Gasteiger partial charge in [0.25, 0.3) is 5.56 Å². The molecule has 0 fully saturated rings. The van der Waals surface area contributed by atoms with Crippen molar-refractivity contribution in [3.8, 4) is 0 Å². The second kappa shape index (κ2) is 13.8. The van der Waals surface area contributed by atoms with Crippen LogP contribution >= 0.6 is 0 Å². The van der Waals surface area contributed by atoms with Gasteiger partial charge in [0.15, 0.2) is 11.2 Å². The van der Waals surface area contributed by atoms with Gasteiger partial charge in [-0.15, -0.1) is 0 Å². The van der Waals surface area contributed by atoms with Crippen LogP contribution in [-0.2, 0) is 16.1 Å². The number of anilines is 1. The first-order valence-electron chi connectivity index (χ1n) is 11.5. The highest BCUT2D eigenvalue weighted by atomic mass is 16.5. The summed E-state index contributed by atoms with van der Waals surface area (Å²) in [6.07, 6.45) is 13.2. The summed E-state index contributed by atoms with van der Waals surface area (Å²) in [5, 5.41) is 9.37. The number of rotatable bonds is 16. The molecule has 2 heterocycles. The van der Waals surface area contributed by atoms with Crippen molar-refractivity contribution in [1.29, 1.82) is 0 Å². The smallest absolute Gasteiger partial charge is 0.305 e. The lowest BCUT2D eigenvalue weighted by Crippen LogP contribution is -2.21. The topological polar surface area (TPSA) is 136 Å². The molecule has 0 aromatic carbocycles. The average molecular weight is 436 g/mol. The van der Waals surface area contributed by atoms with Crippen molar-refractivity contribution in [2.75, 3.05) is 18.9 Å². The van der Waals surface area contributed by atoms with E-state index in [0.717, 1.165) is 19.3 Å². The molecule has 0 aliphatic carbocycles. The lowest BCUT2D eigenvalue weighted by Gasteiger charge is -2.17. The fourth-order valence-electron chi connectivity index (χ4n) is 3.66. The van der Waals surface area contributed by atoms with Crippen molar-refractivity contribution in [1.82, 2.24) is 19.5 Å². The number of nitrogens with zero attached hydrogens (tertiary/aromatic N) is 3. The maximum atomic E-state index is 12.1. The SMILES string of the molecule is CCCCCCCCCCCC(=O)OCC(CCO)Cn1cnc2c(=O)[nH]c(N)nc21. The van der Waals surface area contributed by atoms with Crippen molar-refractivity contribution in [3.63, 3.8) is 0 Å². The summed E-state index contributed by atoms with van der Waals surface area (Å²) >= 11 is 0. The summed E-state index contributed by atoms with van der Waals surface area (Å²) in [7, 11) is 0. The number of carbonyl (C=O) groups excluding carboxylic acids is 1. The molecule has 0 aliphatic rings. The van der Waals surface area contributed by atoms with Gasteiger partial charge in [0.1, 0.15) is 0 Å². The van der Waals surface area contributed by atoms with Crippen LogP contribution in [0.25, 0.3) is 11.2 Å². The third-order valence-corrected chi connectivity index (χ3v) is 5.45. The van der Waals surface area contributed by atoms with E-state index in [-0.39, 0.29) is 36.6 Å². The second-order valence-electron chi connectivity index (χ2n) is 8.16. The molecule has 0 radical (unpaired) electrons. The van der Waals surface area contributed by atoms with Gasteiger partial charge in [0, 0.05) is 25.5 Å². The number of aliphatic hydroxyl groups excluding tert-OH is 1. The molecule has 174 valence electrons. The summed E-state index contributed by atoms with van der Waals surface area (Å²) in [4.78, 5) is 34.6. The Morgan fingerprint density at radius 3 is 2.55 bits per heavy atom. The quantitative estimate of drug-likeness (QED) is 0.272. The Balaban J connectivity index is 1.71. The number of ether oxygens (including phenoxy) is 1. The highest BCUT2D eigenvalue weighted by Crippen LogP contribution is 2.14. The summed E-state index contributed by atoms with van der Waals surface area (Å²) in [5.74, 6) is -0.303. The number of hydrogen-bond donors (Lipinski definition) is 3. The molecule has 2 aromatic rings. The molecule has 2 rings (SSSR count). The van der Waals surface area contributed by atoms with E-state index in [0.29, 0.717) is 25.0 Å². The predicted molar refractivity (Wildman–Crippen MR) is 121 cm³/mol. The lowest BCUT2D eigenvalue weighted by atomic mass is 10.1. The maximum absolute atomic E-state index is 12.1. The Bertz CT molecular complexity index is 848. The van der Waals surface area contributed by atoms with Gasteiger partial charge < -0.3 is 20.1 Å². The Morgan fingerprint density at radius 2 is 1.87 bits per heavy atom. The number of nitrogens with one attached hydrogen (secondary N) is 1. The van der Waals surface area contributed by atoms with Crippen LogP contribution in [0.5, 0.6) is 0 Å². The molecule has 0 spiro atoms. The molecule has 1 unspecified atom stereocenters. The molecule has 0 amide bonds. The molecule has 4 N–H and O–H groups in total. The first-order chi connectivity index (χ1) is 15.0. The van der Waals surface area contributed by atoms with E-state index < -0.39 is 5.56 Å². The number of aliphatic hydroxyl groups is 1. The van der Waals surface area contributed by atoms with Gasteiger partial charge in [0.2, 0.25) is 5.95 Å². The van der Waals surface area contributed by atoms with Gasteiger partial charge >= 0.3 is 5.97 Å². The van der Waals surface area contributed by atoms with Crippen molar-refractivity contribution in [2.45, 2.75) is 84.1 Å². The molecule has 0 saturated heterocycles. The Hall–Kier alpha value is -2.42. The summed E-state index contributed by atoms with van der Waals surface area (Å²) in [5.41, 5.74) is 5.82. The summed E-state index contributed by atoms with van der Waals surface area (Å²) < 4.78 is 7.14. The monoisotopic (exact) mass is 435 g/mol. The minimum absolute atomic E-state index is 0.0188. The molecular weight excluding hydrogens is 398 g/mol.